The van der Waals surface area contributed by atoms with Crippen LogP contribution < -0.4 is 5.32 Å². The molecule has 0 saturated carbocycles. The van der Waals surface area contributed by atoms with Crippen LogP contribution in [0.1, 0.15) is 48.9 Å². The molecular weight excluding hydrogens is 402 g/mol. The molecule has 1 fully saturated rings. The smallest absolute Gasteiger partial charge is 0.225 e. The zero-order valence-electron chi connectivity index (χ0n) is 19.0. The fraction of sp³-hybridized carbons (Fsp3) is 0.423. The topological polar surface area (TPSA) is 69.7 Å². The standard InChI is InChI=1S/C26H33N3O3/c1-20-11-13-23(14-12-20)24(27-21(2)30)19-26(32)29-17-15-28(16-18-29)25(31)10-6-9-22-7-4-3-5-8-22/h3-5,7-8,11-14,24H,6,9-10,15-19H2,1-2H3,(H,27,30). The number of nitrogens with one attached hydrogen (secondary N) is 1. The van der Waals surface area contributed by atoms with Crippen LogP contribution in [-0.2, 0) is 20.8 Å². The number of aryl methyl sites for hydroxylation is 2. The molecule has 2 aromatic rings. The van der Waals surface area contributed by atoms with Crippen molar-refractivity contribution in [1.29, 1.82) is 0 Å². The summed E-state index contributed by atoms with van der Waals surface area (Å²) in [6, 6.07) is 17.7. The summed E-state index contributed by atoms with van der Waals surface area (Å²) in [6.07, 6.45) is 2.47. The summed E-state index contributed by atoms with van der Waals surface area (Å²) in [5.74, 6) is -0.00129. The Morgan fingerprint density at radius 1 is 0.875 bits per heavy atom. The maximum atomic E-state index is 12.9. The molecule has 0 radical (unpaired) electrons. The Labute approximate surface area is 190 Å². The first kappa shape index (κ1) is 23.5. The number of amides is 3. The Morgan fingerprint density at radius 3 is 2.06 bits per heavy atom. The summed E-state index contributed by atoms with van der Waals surface area (Å²) in [5.41, 5.74) is 3.30. The van der Waals surface area contributed by atoms with Crippen LogP contribution in [0.3, 0.4) is 0 Å². The monoisotopic (exact) mass is 435 g/mol. The van der Waals surface area contributed by atoms with E-state index >= 15 is 0 Å². The van der Waals surface area contributed by atoms with Gasteiger partial charge in [-0.3, -0.25) is 14.4 Å². The number of nitrogens with zero attached hydrogens (tertiary/aromatic N) is 2. The van der Waals surface area contributed by atoms with E-state index in [1.807, 2.05) is 54.3 Å². The minimum atomic E-state index is -0.349. The molecule has 3 rings (SSSR count). The van der Waals surface area contributed by atoms with Gasteiger partial charge in [-0.05, 0) is 30.9 Å². The van der Waals surface area contributed by atoms with Crippen LogP contribution in [0.25, 0.3) is 0 Å². The van der Waals surface area contributed by atoms with Gasteiger partial charge in [0.25, 0.3) is 0 Å². The minimum absolute atomic E-state index is 0.000464. The van der Waals surface area contributed by atoms with Gasteiger partial charge < -0.3 is 15.1 Å². The Kier molecular flexibility index (Phi) is 8.42. The molecule has 0 bridgehead atoms. The highest BCUT2D eigenvalue weighted by Crippen LogP contribution is 2.20. The maximum Gasteiger partial charge on any atom is 0.225 e. The fourth-order valence-electron chi connectivity index (χ4n) is 4.05. The Hall–Kier alpha value is -3.15. The van der Waals surface area contributed by atoms with Crippen LogP contribution in [0.2, 0.25) is 0 Å². The predicted octanol–water partition coefficient (Wildman–Crippen LogP) is 3.26. The van der Waals surface area contributed by atoms with Gasteiger partial charge >= 0.3 is 0 Å². The third kappa shape index (κ3) is 6.94. The van der Waals surface area contributed by atoms with E-state index in [-0.39, 0.29) is 30.2 Å². The summed E-state index contributed by atoms with van der Waals surface area (Å²) in [6.45, 7) is 5.66. The van der Waals surface area contributed by atoms with Crippen LogP contribution in [0.4, 0.5) is 0 Å². The van der Waals surface area contributed by atoms with E-state index in [4.69, 9.17) is 0 Å². The van der Waals surface area contributed by atoms with Gasteiger partial charge in [0.1, 0.15) is 0 Å². The molecule has 170 valence electrons. The summed E-state index contributed by atoms with van der Waals surface area (Å²) in [7, 11) is 0. The number of hydrogen-bond donors (Lipinski definition) is 1. The zero-order chi connectivity index (χ0) is 22.9. The lowest BCUT2D eigenvalue weighted by molar-refractivity contribution is -0.140. The van der Waals surface area contributed by atoms with Crippen molar-refractivity contribution in [2.24, 2.45) is 0 Å². The van der Waals surface area contributed by atoms with Crippen LogP contribution in [0.15, 0.2) is 54.6 Å². The van der Waals surface area contributed by atoms with Crippen molar-refractivity contribution >= 4 is 17.7 Å². The number of benzene rings is 2. The normalized spacial score (nSPS) is 14.7. The van der Waals surface area contributed by atoms with Crippen molar-refractivity contribution in [1.82, 2.24) is 15.1 Å². The van der Waals surface area contributed by atoms with Crippen molar-refractivity contribution in [3.8, 4) is 0 Å². The zero-order valence-corrected chi connectivity index (χ0v) is 19.0. The molecule has 6 heteroatoms. The highest BCUT2D eigenvalue weighted by atomic mass is 16.2. The van der Waals surface area contributed by atoms with Gasteiger partial charge in [0.15, 0.2) is 0 Å². The average molecular weight is 436 g/mol. The van der Waals surface area contributed by atoms with Gasteiger partial charge in [0.2, 0.25) is 17.7 Å². The molecule has 1 atom stereocenters. The summed E-state index contributed by atoms with van der Waals surface area (Å²) in [4.78, 5) is 40.8. The third-order valence-corrected chi connectivity index (χ3v) is 5.92. The van der Waals surface area contributed by atoms with E-state index in [1.165, 1.54) is 12.5 Å². The molecule has 6 nitrogen and oxygen atoms in total. The van der Waals surface area contributed by atoms with Crippen LogP contribution in [-0.4, -0.2) is 53.7 Å². The number of rotatable bonds is 8. The molecule has 1 unspecified atom stereocenters. The predicted molar refractivity (Wildman–Crippen MR) is 125 cm³/mol. The van der Waals surface area contributed by atoms with E-state index < -0.39 is 0 Å². The molecule has 1 aliphatic heterocycles. The van der Waals surface area contributed by atoms with Crippen molar-refractivity contribution < 1.29 is 14.4 Å². The molecule has 1 saturated heterocycles. The second kappa shape index (κ2) is 11.5. The quantitative estimate of drug-likeness (QED) is 0.692. The first-order chi connectivity index (χ1) is 15.4. The fourth-order valence-corrected chi connectivity index (χ4v) is 4.05. The van der Waals surface area contributed by atoms with Crippen LogP contribution >= 0.6 is 0 Å². The van der Waals surface area contributed by atoms with Crippen molar-refractivity contribution in [3.05, 3.63) is 71.3 Å². The molecular formula is C26H33N3O3. The van der Waals surface area contributed by atoms with E-state index in [0.717, 1.165) is 24.0 Å². The summed E-state index contributed by atoms with van der Waals surface area (Å²) >= 11 is 0. The first-order valence-corrected chi connectivity index (χ1v) is 11.4. The molecule has 0 aromatic heterocycles. The Bertz CT molecular complexity index is 904. The summed E-state index contributed by atoms with van der Waals surface area (Å²) < 4.78 is 0. The van der Waals surface area contributed by atoms with Gasteiger partial charge in [-0.1, -0.05) is 60.2 Å². The number of carbonyl (C=O) groups excluding carboxylic acids is 3. The number of carbonyl (C=O) groups is 3. The van der Waals surface area contributed by atoms with Crippen molar-refractivity contribution in [3.63, 3.8) is 0 Å². The number of hydrogen-bond acceptors (Lipinski definition) is 3. The lowest BCUT2D eigenvalue weighted by atomic mass is 10.0. The van der Waals surface area contributed by atoms with Gasteiger partial charge in [-0.15, -0.1) is 0 Å². The van der Waals surface area contributed by atoms with E-state index in [1.54, 1.807) is 4.90 Å². The molecule has 0 spiro atoms. The second-order valence-electron chi connectivity index (χ2n) is 8.47. The molecule has 3 amide bonds. The molecule has 0 aliphatic carbocycles. The van der Waals surface area contributed by atoms with Crippen LogP contribution in [0, 0.1) is 6.92 Å². The highest BCUT2D eigenvalue weighted by Gasteiger charge is 2.26. The molecule has 2 aromatic carbocycles. The molecule has 1 aliphatic rings. The molecule has 32 heavy (non-hydrogen) atoms. The van der Waals surface area contributed by atoms with E-state index in [0.29, 0.717) is 32.6 Å². The van der Waals surface area contributed by atoms with Crippen molar-refractivity contribution in [2.45, 2.75) is 45.6 Å². The first-order valence-electron chi connectivity index (χ1n) is 11.4. The average Bonchev–Trinajstić information content (AvgIpc) is 2.79. The van der Waals surface area contributed by atoms with Gasteiger partial charge in [0.05, 0.1) is 12.5 Å². The van der Waals surface area contributed by atoms with Gasteiger partial charge in [0, 0.05) is 39.5 Å². The highest BCUT2D eigenvalue weighted by molar-refractivity contribution is 5.80. The third-order valence-electron chi connectivity index (χ3n) is 5.92. The van der Waals surface area contributed by atoms with E-state index in [2.05, 4.69) is 17.4 Å². The maximum absolute atomic E-state index is 12.9. The Morgan fingerprint density at radius 2 is 1.47 bits per heavy atom. The largest absolute Gasteiger partial charge is 0.349 e. The minimum Gasteiger partial charge on any atom is -0.349 e. The van der Waals surface area contributed by atoms with Crippen molar-refractivity contribution in [2.75, 3.05) is 26.2 Å². The molecule has 1 N–H and O–H groups in total. The lowest BCUT2D eigenvalue weighted by Gasteiger charge is -2.35. The lowest BCUT2D eigenvalue weighted by Crippen LogP contribution is -2.51. The summed E-state index contributed by atoms with van der Waals surface area (Å²) in [5, 5.41) is 2.90. The van der Waals surface area contributed by atoms with E-state index in [9.17, 15) is 14.4 Å². The SMILES string of the molecule is CC(=O)NC(CC(=O)N1CCN(C(=O)CCCc2ccccc2)CC1)c1ccc(C)cc1. The number of piperazine rings is 1. The van der Waals surface area contributed by atoms with Crippen LogP contribution in [0.5, 0.6) is 0 Å². The second-order valence-corrected chi connectivity index (χ2v) is 8.47. The Balaban J connectivity index is 1.46. The van der Waals surface area contributed by atoms with Gasteiger partial charge in [-0.25, -0.2) is 0 Å². The van der Waals surface area contributed by atoms with Gasteiger partial charge in [-0.2, -0.15) is 0 Å². The molecule has 1 heterocycles.